The second-order valence-electron chi connectivity index (χ2n) is 5.29. The third-order valence-electron chi connectivity index (χ3n) is 3.61. The first-order valence-electron chi connectivity index (χ1n) is 7.30. The van der Waals surface area contributed by atoms with Crippen LogP contribution in [0, 0.1) is 13.8 Å². The average molecular weight is 338 g/mol. The van der Waals surface area contributed by atoms with Crippen molar-refractivity contribution in [2.45, 2.75) is 56.2 Å². The zero-order valence-electron chi connectivity index (χ0n) is 12.8. The van der Waals surface area contributed by atoms with E-state index in [2.05, 4.69) is 15.4 Å². The maximum Gasteiger partial charge on any atom is 0.228 e. The monoisotopic (exact) mass is 338 g/mol. The molecule has 0 spiro atoms. The van der Waals surface area contributed by atoms with Crippen molar-refractivity contribution in [2.24, 2.45) is 0 Å². The predicted molar refractivity (Wildman–Crippen MR) is 86.2 cm³/mol. The largest absolute Gasteiger partial charge is 0.361 e. The molecule has 118 valence electrons. The van der Waals surface area contributed by atoms with Crippen LogP contribution in [0.4, 0.5) is 5.13 Å². The van der Waals surface area contributed by atoms with E-state index in [9.17, 15) is 4.79 Å². The number of rotatable bonds is 6. The highest BCUT2D eigenvalue weighted by Crippen LogP contribution is 2.37. The maximum absolute atomic E-state index is 12.1. The van der Waals surface area contributed by atoms with Crippen molar-refractivity contribution >= 4 is 34.1 Å². The molecule has 1 aliphatic rings. The van der Waals surface area contributed by atoms with Gasteiger partial charge in [-0.1, -0.05) is 35.2 Å². The lowest BCUT2D eigenvalue weighted by Crippen LogP contribution is -2.32. The van der Waals surface area contributed by atoms with Gasteiger partial charge in [0.25, 0.3) is 0 Å². The first-order chi connectivity index (χ1) is 10.6. The third kappa shape index (κ3) is 3.17. The molecule has 3 rings (SSSR count). The molecule has 1 amide bonds. The molecule has 0 saturated heterocycles. The van der Waals surface area contributed by atoms with Crippen LogP contribution in [-0.2, 0) is 10.5 Å². The highest BCUT2D eigenvalue weighted by molar-refractivity contribution is 8.00. The quantitative estimate of drug-likeness (QED) is 0.594. The Morgan fingerprint density at radius 2 is 2.18 bits per heavy atom. The summed E-state index contributed by atoms with van der Waals surface area (Å²) >= 11 is 3.08. The number of aromatic nitrogens is 3. The first kappa shape index (κ1) is 15.5. The number of carbonyl (C=O) groups is 1. The highest BCUT2D eigenvalue weighted by atomic mass is 32.2. The van der Waals surface area contributed by atoms with Crippen LogP contribution in [0.15, 0.2) is 8.86 Å². The van der Waals surface area contributed by atoms with E-state index in [0.717, 1.165) is 45.1 Å². The Morgan fingerprint density at radius 1 is 1.41 bits per heavy atom. The summed E-state index contributed by atoms with van der Waals surface area (Å²) in [4.78, 5) is 13.9. The number of anilines is 1. The van der Waals surface area contributed by atoms with Gasteiger partial charge in [-0.2, -0.15) is 0 Å². The van der Waals surface area contributed by atoms with Gasteiger partial charge in [0.15, 0.2) is 4.34 Å². The van der Waals surface area contributed by atoms with Crippen molar-refractivity contribution in [3.63, 3.8) is 0 Å². The number of thioether (sulfide) groups is 1. The average Bonchev–Trinajstić information content (AvgIpc) is 3.14. The Bertz CT molecular complexity index is 659. The fraction of sp³-hybridized carbons (Fsp3) is 0.571. The lowest BCUT2D eigenvalue weighted by atomic mass is 10.2. The van der Waals surface area contributed by atoms with Gasteiger partial charge in [0.2, 0.25) is 11.0 Å². The first-order valence-corrected chi connectivity index (χ1v) is 9.10. The zero-order chi connectivity index (χ0) is 15.7. The zero-order valence-corrected chi connectivity index (χ0v) is 14.5. The molecule has 8 heteroatoms. The van der Waals surface area contributed by atoms with Crippen molar-refractivity contribution in [2.75, 3.05) is 4.90 Å². The molecule has 2 aromatic heterocycles. The molecule has 6 nitrogen and oxygen atoms in total. The second-order valence-corrected chi connectivity index (χ2v) is 7.47. The van der Waals surface area contributed by atoms with Gasteiger partial charge >= 0.3 is 0 Å². The minimum atomic E-state index is 0.126. The van der Waals surface area contributed by atoms with E-state index < -0.39 is 0 Å². The van der Waals surface area contributed by atoms with Crippen LogP contribution < -0.4 is 4.90 Å². The molecule has 0 unspecified atom stereocenters. The van der Waals surface area contributed by atoms with E-state index >= 15 is 0 Å². The van der Waals surface area contributed by atoms with E-state index in [0.29, 0.717) is 12.5 Å². The van der Waals surface area contributed by atoms with Gasteiger partial charge in [0.1, 0.15) is 5.76 Å². The topological polar surface area (TPSA) is 72.1 Å². The minimum absolute atomic E-state index is 0.126. The fourth-order valence-corrected chi connectivity index (χ4v) is 4.25. The Kier molecular flexibility index (Phi) is 4.49. The molecule has 1 fully saturated rings. The van der Waals surface area contributed by atoms with E-state index in [4.69, 9.17) is 4.52 Å². The molecule has 22 heavy (non-hydrogen) atoms. The summed E-state index contributed by atoms with van der Waals surface area (Å²) in [6.45, 7) is 5.73. The number of nitrogens with zero attached hydrogens (tertiary/aromatic N) is 4. The van der Waals surface area contributed by atoms with Gasteiger partial charge in [-0.3, -0.25) is 9.69 Å². The summed E-state index contributed by atoms with van der Waals surface area (Å²) in [6.07, 6.45) is 2.62. The van der Waals surface area contributed by atoms with Gasteiger partial charge < -0.3 is 4.52 Å². The van der Waals surface area contributed by atoms with Gasteiger partial charge in [-0.25, -0.2) is 0 Å². The van der Waals surface area contributed by atoms with Gasteiger partial charge in [0, 0.05) is 23.8 Å². The predicted octanol–water partition coefficient (Wildman–Crippen LogP) is 3.34. The lowest BCUT2D eigenvalue weighted by molar-refractivity contribution is -0.118. The Balaban J connectivity index is 1.69. The number of aryl methyl sites for hydroxylation is 2. The standard InChI is InChI=1S/C14H18N4O2S2/c1-4-12(19)18(10-5-6-10)13-15-16-14(22-13)21-7-11-8(2)17-20-9(11)3/h10H,4-7H2,1-3H3. The van der Waals surface area contributed by atoms with Crippen LogP contribution in [0.2, 0.25) is 0 Å². The van der Waals surface area contributed by atoms with Crippen molar-refractivity contribution in [3.05, 3.63) is 17.0 Å². The number of hydrogen-bond acceptors (Lipinski definition) is 7. The smallest absolute Gasteiger partial charge is 0.228 e. The highest BCUT2D eigenvalue weighted by Gasteiger charge is 2.35. The van der Waals surface area contributed by atoms with E-state index in [1.165, 1.54) is 11.3 Å². The minimum Gasteiger partial charge on any atom is -0.361 e. The molecule has 1 aliphatic carbocycles. The van der Waals surface area contributed by atoms with Gasteiger partial charge in [-0.05, 0) is 26.7 Å². The van der Waals surface area contributed by atoms with Crippen LogP contribution >= 0.6 is 23.1 Å². The SMILES string of the molecule is CCC(=O)N(c1nnc(SCc2c(C)noc2C)s1)C1CC1. The molecule has 0 aliphatic heterocycles. The molecule has 0 N–H and O–H groups in total. The summed E-state index contributed by atoms with van der Waals surface area (Å²) in [5.41, 5.74) is 2.01. The summed E-state index contributed by atoms with van der Waals surface area (Å²) in [7, 11) is 0. The van der Waals surface area contributed by atoms with Crippen molar-refractivity contribution in [3.8, 4) is 0 Å². The third-order valence-corrected chi connectivity index (χ3v) is 5.69. The van der Waals surface area contributed by atoms with Crippen molar-refractivity contribution in [1.29, 1.82) is 0 Å². The van der Waals surface area contributed by atoms with Crippen molar-refractivity contribution in [1.82, 2.24) is 15.4 Å². The Morgan fingerprint density at radius 3 is 2.77 bits per heavy atom. The summed E-state index contributed by atoms with van der Waals surface area (Å²) in [6, 6.07) is 0.320. The van der Waals surface area contributed by atoms with E-state index in [1.54, 1.807) is 11.8 Å². The van der Waals surface area contributed by atoms with Gasteiger partial charge in [-0.15, -0.1) is 10.2 Å². The van der Waals surface area contributed by atoms with Gasteiger partial charge in [0.05, 0.1) is 5.69 Å². The van der Waals surface area contributed by atoms with Crippen LogP contribution in [0.25, 0.3) is 0 Å². The number of amides is 1. The number of carbonyl (C=O) groups excluding carboxylic acids is 1. The summed E-state index contributed by atoms with van der Waals surface area (Å²) in [5.74, 6) is 1.72. The Labute approximate surface area is 137 Å². The maximum atomic E-state index is 12.1. The van der Waals surface area contributed by atoms with Crippen LogP contribution in [0.1, 0.15) is 43.2 Å². The molecular weight excluding hydrogens is 320 g/mol. The Hall–Kier alpha value is -1.41. The molecule has 0 radical (unpaired) electrons. The van der Waals surface area contributed by atoms with E-state index in [1.807, 2.05) is 25.7 Å². The van der Waals surface area contributed by atoms with Crippen LogP contribution in [0.3, 0.4) is 0 Å². The lowest BCUT2D eigenvalue weighted by Gasteiger charge is -2.17. The molecule has 2 heterocycles. The molecule has 1 saturated carbocycles. The normalized spacial score (nSPS) is 14.3. The summed E-state index contributed by atoms with van der Waals surface area (Å²) < 4.78 is 6.03. The molecule has 0 bridgehead atoms. The molecule has 0 atom stereocenters. The molecule has 0 aromatic carbocycles. The molecular formula is C14H18N4O2S2. The second kappa shape index (κ2) is 6.37. The van der Waals surface area contributed by atoms with Crippen LogP contribution in [-0.4, -0.2) is 27.3 Å². The summed E-state index contributed by atoms with van der Waals surface area (Å²) in [5, 5.41) is 13.1. The molecule has 2 aromatic rings. The van der Waals surface area contributed by atoms with Crippen LogP contribution in [0.5, 0.6) is 0 Å². The fourth-order valence-electron chi connectivity index (χ4n) is 2.17. The van der Waals surface area contributed by atoms with Crippen molar-refractivity contribution < 1.29 is 9.32 Å². The van der Waals surface area contributed by atoms with E-state index in [-0.39, 0.29) is 5.91 Å². The number of hydrogen-bond donors (Lipinski definition) is 0.